The molecule has 3 rings (SSSR count). The van der Waals surface area contributed by atoms with E-state index in [2.05, 4.69) is 23.5 Å². The van der Waals surface area contributed by atoms with Crippen LogP contribution in [0.25, 0.3) is 0 Å². The number of nitrogens with one attached hydrogen (secondary N) is 1. The molecule has 0 bridgehead atoms. The lowest BCUT2D eigenvalue weighted by molar-refractivity contribution is 0.374. The molecule has 0 atom stereocenters. The molecule has 1 saturated carbocycles. The predicted octanol–water partition coefficient (Wildman–Crippen LogP) is 4.57. The van der Waals surface area contributed by atoms with Crippen LogP contribution in [-0.2, 0) is 0 Å². The van der Waals surface area contributed by atoms with Crippen molar-refractivity contribution in [1.82, 2.24) is 0 Å². The van der Waals surface area contributed by atoms with Gasteiger partial charge < -0.3 is 5.32 Å². The average molecular weight is 283 g/mol. The molecule has 2 aromatic carbocycles. The SMILES string of the molecule is N#Cc1cccc(NC2CC(c3cccc(Cl)c3)C2)c1. The molecule has 2 aromatic rings. The van der Waals surface area contributed by atoms with Gasteiger partial charge in [-0.1, -0.05) is 29.8 Å². The van der Waals surface area contributed by atoms with E-state index in [1.165, 1.54) is 5.56 Å². The van der Waals surface area contributed by atoms with E-state index < -0.39 is 0 Å². The first kappa shape index (κ1) is 13.0. The van der Waals surface area contributed by atoms with E-state index in [9.17, 15) is 0 Å². The number of hydrogen-bond donors (Lipinski definition) is 1. The average Bonchev–Trinajstić information content (AvgIpc) is 2.42. The molecular formula is C17H15ClN2. The molecule has 1 N–H and O–H groups in total. The van der Waals surface area contributed by atoms with E-state index in [1.807, 2.05) is 36.4 Å². The maximum Gasteiger partial charge on any atom is 0.0992 e. The summed E-state index contributed by atoms with van der Waals surface area (Å²) in [5.74, 6) is 0.588. The summed E-state index contributed by atoms with van der Waals surface area (Å²) < 4.78 is 0. The van der Waals surface area contributed by atoms with Gasteiger partial charge in [0.25, 0.3) is 0 Å². The van der Waals surface area contributed by atoms with Gasteiger partial charge >= 0.3 is 0 Å². The summed E-state index contributed by atoms with van der Waals surface area (Å²) >= 11 is 6.02. The van der Waals surface area contributed by atoms with E-state index in [0.717, 1.165) is 23.6 Å². The number of nitriles is 1. The fourth-order valence-corrected chi connectivity index (χ4v) is 2.88. The van der Waals surface area contributed by atoms with E-state index >= 15 is 0 Å². The summed E-state index contributed by atoms with van der Waals surface area (Å²) in [5, 5.41) is 13.2. The zero-order valence-electron chi connectivity index (χ0n) is 11.0. The van der Waals surface area contributed by atoms with Crippen molar-refractivity contribution in [2.75, 3.05) is 5.32 Å². The monoisotopic (exact) mass is 282 g/mol. The Bertz CT molecular complexity index is 654. The molecule has 3 heteroatoms. The van der Waals surface area contributed by atoms with Crippen molar-refractivity contribution >= 4 is 17.3 Å². The Morgan fingerprint density at radius 1 is 1.10 bits per heavy atom. The molecule has 1 aliphatic carbocycles. The number of nitrogens with zero attached hydrogens (tertiary/aromatic N) is 1. The fourth-order valence-electron chi connectivity index (χ4n) is 2.68. The molecule has 0 heterocycles. The zero-order chi connectivity index (χ0) is 13.9. The molecule has 0 radical (unpaired) electrons. The van der Waals surface area contributed by atoms with Crippen LogP contribution in [0.2, 0.25) is 5.02 Å². The van der Waals surface area contributed by atoms with Crippen LogP contribution >= 0.6 is 11.6 Å². The number of rotatable bonds is 3. The first-order chi connectivity index (χ1) is 9.74. The van der Waals surface area contributed by atoms with E-state index in [1.54, 1.807) is 0 Å². The molecule has 0 spiro atoms. The van der Waals surface area contributed by atoms with Gasteiger partial charge in [-0.2, -0.15) is 5.26 Å². The maximum atomic E-state index is 8.89. The topological polar surface area (TPSA) is 35.8 Å². The number of benzene rings is 2. The van der Waals surface area contributed by atoms with Crippen LogP contribution in [0.3, 0.4) is 0 Å². The summed E-state index contributed by atoms with van der Waals surface area (Å²) in [6, 6.07) is 18.4. The second-order valence-corrected chi connectivity index (χ2v) is 5.69. The van der Waals surface area contributed by atoms with Crippen molar-refractivity contribution in [3.63, 3.8) is 0 Å². The van der Waals surface area contributed by atoms with E-state index in [0.29, 0.717) is 17.5 Å². The molecule has 0 aliphatic heterocycles. The summed E-state index contributed by atoms with van der Waals surface area (Å²) in [6.45, 7) is 0. The third-order valence-corrected chi connectivity index (χ3v) is 4.06. The van der Waals surface area contributed by atoms with Crippen LogP contribution in [0.1, 0.15) is 29.9 Å². The second-order valence-electron chi connectivity index (χ2n) is 5.26. The first-order valence-corrected chi connectivity index (χ1v) is 7.14. The van der Waals surface area contributed by atoms with Crippen LogP contribution in [0.4, 0.5) is 5.69 Å². The minimum atomic E-state index is 0.480. The number of hydrogen-bond acceptors (Lipinski definition) is 2. The molecule has 0 unspecified atom stereocenters. The molecule has 0 aromatic heterocycles. The molecule has 100 valence electrons. The molecule has 1 aliphatic rings. The van der Waals surface area contributed by atoms with Crippen molar-refractivity contribution in [1.29, 1.82) is 5.26 Å². The lowest BCUT2D eigenvalue weighted by Crippen LogP contribution is -2.33. The van der Waals surface area contributed by atoms with Crippen molar-refractivity contribution in [3.8, 4) is 6.07 Å². The van der Waals surface area contributed by atoms with Gasteiger partial charge in [0.05, 0.1) is 11.6 Å². The molecular weight excluding hydrogens is 268 g/mol. The van der Waals surface area contributed by atoms with Crippen molar-refractivity contribution < 1.29 is 0 Å². The van der Waals surface area contributed by atoms with Crippen LogP contribution in [0, 0.1) is 11.3 Å². The highest BCUT2D eigenvalue weighted by Gasteiger charge is 2.30. The van der Waals surface area contributed by atoms with Gasteiger partial charge in [0.2, 0.25) is 0 Å². The van der Waals surface area contributed by atoms with E-state index in [-0.39, 0.29) is 0 Å². The van der Waals surface area contributed by atoms with Gasteiger partial charge in [-0.3, -0.25) is 0 Å². The zero-order valence-corrected chi connectivity index (χ0v) is 11.8. The molecule has 2 nitrogen and oxygen atoms in total. The first-order valence-electron chi connectivity index (χ1n) is 6.77. The number of anilines is 1. The Morgan fingerprint density at radius 2 is 1.90 bits per heavy atom. The summed E-state index contributed by atoms with van der Waals surface area (Å²) in [5.41, 5.74) is 3.04. The lowest BCUT2D eigenvalue weighted by atomic mass is 9.76. The largest absolute Gasteiger partial charge is 0.382 e. The van der Waals surface area contributed by atoms with Crippen molar-refractivity contribution in [2.45, 2.75) is 24.8 Å². The van der Waals surface area contributed by atoms with Crippen molar-refractivity contribution in [3.05, 3.63) is 64.7 Å². The Kier molecular flexibility index (Phi) is 3.62. The van der Waals surface area contributed by atoms with Crippen LogP contribution < -0.4 is 5.32 Å². The molecule has 1 fully saturated rings. The lowest BCUT2D eigenvalue weighted by Gasteiger charge is -2.37. The van der Waals surface area contributed by atoms with Gasteiger partial charge in [-0.15, -0.1) is 0 Å². The Hall–Kier alpha value is -1.98. The smallest absolute Gasteiger partial charge is 0.0992 e. The molecule has 20 heavy (non-hydrogen) atoms. The van der Waals surface area contributed by atoms with Gasteiger partial charge in [-0.25, -0.2) is 0 Å². The third-order valence-electron chi connectivity index (χ3n) is 3.82. The van der Waals surface area contributed by atoms with Crippen LogP contribution in [0.15, 0.2) is 48.5 Å². The van der Waals surface area contributed by atoms with Gasteiger partial charge in [-0.05, 0) is 54.7 Å². The van der Waals surface area contributed by atoms with Gasteiger partial charge in [0.15, 0.2) is 0 Å². The van der Waals surface area contributed by atoms with E-state index in [4.69, 9.17) is 16.9 Å². The summed E-state index contributed by atoms with van der Waals surface area (Å²) in [6.07, 6.45) is 2.22. The third kappa shape index (κ3) is 2.79. The Labute approximate surface area is 124 Å². The highest BCUT2D eigenvalue weighted by atomic mass is 35.5. The molecule has 0 saturated heterocycles. The summed E-state index contributed by atoms with van der Waals surface area (Å²) in [7, 11) is 0. The normalized spacial score (nSPS) is 20.8. The second kappa shape index (κ2) is 5.56. The highest BCUT2D eigenvalue weighted by molar-refractivity contribution is 6.30. The predicted molar refractivity (Wildman–Crippen MR) is 82.0 cm³/mol. The van der Waals surface area contributed by atoms with Crippen LogP contribution in [0.5, 0.6) is 0 Å². The Morgan fingerprint density at radius 3 is 2.65 bits per heavy atom. The molecule has 0 amide bonds. The quantitative estimate of drug-likeness (QED) is 0.895. The van der Waals surface area contributed by atoms with Gasteiger partial charge in [0, 0.05) is 16.8 Å². The standard InChI is InChI=1S/C17H15ClN2/c18-15-5-2-4-13(8-15)14-9-17(10-14)20-16-6-1-3-12(7-16)11-19/h1-8,14,17,20H,9-10H2. The van der Waals surface area contributed by atoms with Gasteiger partial charge in [0.1, 0.15) is 0 Å². The highest BCUT2D eigenvalue weighted by Crippen LogP contribution is 2.39. The maximum absolute atomic E-state index is 8.89. The van der Waals surface area contributed by atoms with Crippen LogP contribution in [-0.4, -0.2) is 6.04 Å². The minimum absolute atomic E-state index is 0.480. The minimum Gasteiger partial charge on any atom is -0.382 e. The fraction of sp³-hybridized carbons (Fsp3) is 0.235. The Balaban J connectivity index is 1.59. The van der Waals surface area contributed by atoms with Crippen molar-refractivity contribution in [2.24, 2.45) is 0 Å². The number of halogens is 1. The summed E-state index contributed by atoms with van der Waals surface area (Å²) in [4.78, 5) is 0.